The van der Waals surface area contributed by atoms with Crippen LogP contribution in [0.25, 0.3) is 0 Å². The van der Waals surface area contributed by atoms with E-state index in [-0.39, 0.29) is 34.7 Å². The van der Waals surface area contributed by atoms with E-state index in [1.165, 1.54) is 0 Å². The second kappa shape index (κ2) is 5.26. The molecule has 0 aliphatic carbocycles. The van der Waals surface area contributed by atoms with E-state index in [4.69, 9.17) is 19.2 Å². The molecule has 7 heteroatoms. The SMILES string of the molecule is O[Si](O)(O)O.[AlH3].[AlH3]. The van der Waals surface area contributed by atoms with E-state index >= 15 is 0 Å². The van der Waals surface area contributed by atoms with Gasteiger partial charge in [0.05, 0.1) is 0 Å². The molecule has 0 amide bonds. The highest BCUT2D eigenvalue weighted by Gasteiger charge is 2.22. The summed E-state index contributed by atoms with van der Waals surface area (Å²) in [6.07, 6.45) is 0. The van der Waals surface area contributed by atoms with Crippen LogP contribution in [0.4, 0.5) is 0 Å². The van der Waals surface area contributed by atoms with Gasteiger partial charge in [0.1, 0.15) is 0 Å². The maximum atomic E-state index is 7.33. The zero-order valence-corrected chi connectivity index (χ0v) is 3.29. The fraction of sp³-hybridized carbons (Fsp3) is 0. The summed E-state index contributed by atoms with van der Waals surface area (Å²) in [6.45, 7) is 0. The molecule has 0 aromatic carbocycles. The number of hydrogen-bond acceptors (Lipinski definition) is 4. The quantitative estimate of drug-likeness (QED) is 0.265. The minimum absolute atomic E-state index is 0. The minimum Gasteiger partial charge on any atom is -0.368 e. The lowest BCUT2D eigenvalue weighted by Crippen LogP contribution is -2.33. The summed E-state index contributed by atoms with van der Waals surface area (Å²) in [7, 11) is -4.61. The van der Waals surface area contributed by atoms with E-state index in [1.807, 2.05) is 0 Å². The summed E-state index contributed by atoms with van der Waals surface area (Å²) in [5.74, 6) is 0. The Morgan fingerprint density at radius 2 is 0.714 bits per heavy atom. The van der Waals surface area contributed by atoms with Crippen molar-refractivity contribution in [3.05, 3.63) is 0 Å². The third-order valence-electron chi connectivity index (χ3n) is 0. The van der Waals surface area contributed by atoms with Gasteiger partial charge in [-0.3, -0.25) is 0 Å². The van der Waals surface area contributed by atoms with Crippen LogP contribution >= 0.6 is 0 Å². The molecule has 0 aromatic rings. The molecular formula is H10Al2O4Si. The summed E-state index contributed by atoms with van der Waals surface area (Å²) in [5, 5.41) is 0. The maximum absolute atomic E-state index is 7.33. The van der Waals surface area contributed by atoms with Gasteiger partial charge in [-0.15, -0.1) is 0 Å². The van der Waals surface area contributed by atoms with Crippen LogP contribution in [-0.2, 0) is 0 Å². The monoisotopic (exact) mass is 156 g/mol. The lowest BCUT2D eigenvalue weighted by atomic mass is 15.7. The van der Waals surface area contributed by atoms with Crippen molar-refractivity contribution in [2.24, 2.45) is 0 Å². The van der Waals surface area contributed by atoms with Gasteiger partial charge in [0.15, 0.2) is 34.7 Å². The Morgan fingerprint density at radius 3 is 0.714 bits per heavy atom. The lowest BCUT2D eigenvalue weighted by Gasteiger charge is -1.91. The molecule has 0 atom stereocenters. The molecule has 0 saturated heterocycles. The predicted octanol–water partition coefficient (Wildman–Crippen LogP) is -4.98. The van der Waals surface area contributed by atoms with Gasteiger partial charge in [-0.2, -0.15) is 0 Å². The molecule has 0 aromatic heterocycles. The molecule has 7 heavy (non-hydrogen) atoms. The van der Waals surface area contributed by atoms with Gasteiger partial charge in [-0.25, -0.2) is 0 Å². The first-order valence-corrected chi connectivity index (χ1v) is 2.68. The Hall–Kier alpha value is 1.12. The van der Waals surface area contributed by atoms with Gasteiger partial charge in [0.2, 0.25) is 0 Å². The Balaban J connectivity index is -0.0000000800. The molecule has 0 fully saturated rings. The highest BCUT2D eigenvalue weighted by Crippen LogP contribution is 1.67. The summed E-state index contributed by atoms with van der Waals surface area (Å²) in [4.78, 5) is 29.3. The topological polar surface area (TPSA) is 80.9 Å². The summed E-state index contributed by atoms with van der Waals surface area (Å²) in [6, 6.07) is 0. The van der Waals surface area contributed by atoms with Crippen LogP contribution in [0, 0.1) is 0 Å². The van der Waals surface area contributed by atoms with E-state index in [0.29, 0.717) is 0 Å². The Kier molecular flexibility index (Phi) is 11.8. The van der Waals surface area contributed by atoms with Gasteiger partial charge in [0, 0.05) is 0 Å². The Labute approximate surface area is 63.2 Å². The van der Waals surface area contributed by atoms with E-state index in [2.05, 4.69) is 0 Å². The molecule has 0 aliphatic rings. The van der Waals surface area contributed by atoms with Crippen molar-refractivity contribution in [2.75, 3.05) is 0 Å². The van der Waals surface area contributed by atoms with E-state index in [0.717, 1.165) is 0 Å². The fourth-order valence-electron chi connectivity index (χ4n) is 0. The molecule has 0 unspecified atom stereocenters. The molecule has 0 saturated carbocycles. The molecule has 0 radical (unpaired) electrons. The second-order valence-electron chi connectivity index (χ2n) is 0.600. The first kappa shape index (κ1) is 15.7. The largest absolute Gasteiger partial charge is 0.668 e. The van der Waals surface area contributed by atoms with Crippen molar-refractivity contribution in [2.45, 2.75) is 0 Å². The van der Waals surface area contributed by atoms with E-state index in [1.54, 1.807) is 0 Å². The highest BCUT2D eigenvalue weighted by atomic mass is 28.4. The van der Waals surface area contributed by atoms with E-state index < -0.39 is 9.05 Å². The third kappa shape index (κ3) is 148. The van der Waals surface area contributed by atoms with Crippen LogP contribution in [0.3, 0.4) is 0 Å². The second-order valence-corrected chi connectivity index (χ2v) is 1.80. The van der Waals surface area contributed by atoms with E-state index in [9.17, 15) is 0 Å². The van der Waals surface area contributed by atoms with Crippen molar-refractivity contribution < 1.29 is 19.2 Å². The summed E-state index contributed by atoms with van der Waals surface area (Å²) < 4.78 is 0. The van der Waals surface area contributed by atoms with Crippen LogP contribution in [0.1, 0.15) is 0 Å². The van der Waals surface area contributed by atoms with Crippen molar-refractivity contribution in [3.63, 3.8) is 0 Å². The van der Waals surface area contributed by atoms with Gasteiger partial charge >= 0.3 is 9.05 Å². The third-order valence-corrected chi connectivity index (χ3v) is 0. The molecule has 0 spiro atoms. The maximum Gasteiger partial charge on any atom is 0.668 e. The van der Waals surface area contributed by atoms with Gasteiger partial charge < -0.3 is 19.2 Å². The van der Waals surface area contributed by atoms with Crippen LogP contribution in [0.2, 0.25) is 0 Å². The average Bonchev–Trinajstić information content (AvgIpc) is 0.722. The first-order valence-electron chi connectivity index (χ1n) is 0.894. The summed E-state index contributed by atoms with van der Waals surface area (Å²) in [5.41, 5.74) is 0. The average molecular weight is 156 g/mol. The molecule has 0 bridgehead atoms. The van der Waals surface area contributed by atoms with Crippen LogP contribution in [0.15, 0.2) is 0 Å². The standard InChI is InChI=1S/2Al.H4O4Si.6H/c;;1-5(2,3)4;;;;;;/h;;1-4H;;;;;;. The van der Waals surface area contributed by atoms with Crippen LogP contribution in [0.5, 0.6) is 0 Å². The Morgan fingerprint density at radius 1 is 0.714 bits per heavy atom. The smallest absolute Gasteiger partial charge is 0.368 e. The molecular weight excluding hydrogens is 146 g/mol. The molecule has 4 N–H and O–H groups in total. The minimum atomic E-state index is -4.61. The van der Waals surface area contributed by atoms with Gasteiger partial charge in [-0.1, -0.05) is 0 Å². The summed E-state index contributed by atoms with van der Waals surface area (Å²) >= 11 is 0. The molecule has 0 rings (SSSR count). The van der Waals surface area contributed by atoms with Crippen molar-refractivity contribution in [1.82, 2.24) is 0 Å². The first-order chi connectivity index (χ1) is 2.00. The van der Waals surface area contributed by atoms with Gasteiger partial charge in [0.25, 0.3) is 0 Å². The zero-order valence-electron chi connectivity index (χ0n) is 2.29. The van der Waals surface area contributed by atoms with Crippen molar-refractivity contribution in [3.8, 4) is 0 Å². The number of rotatable bonds is 0. The van der Waals surface area contributed by atoms with Crippen LogP contribution in [-0.4, -0.2) is 63.0 Å². The molecule has 0 aliphatic heterocycles. The fourth-order valence-corrected chi connectivity index (χ4v) is 0. The van der Waals surface area contributed by atoms with Crippen molar-refractivity contribution in [1.29, 1.82) is 0 Å². The Bertz CT molecular complexity index is 25.2. The highest BCUT2D eigenvalue weighted by molar-refractivity contribution is 6.46. The van der Waals surface area contributed by atoms with Crippen LogP contribution < -0.4 is 0 Å². The van der Waals surface area contributed by atoms with Gasteiger partial charge in [-0.05, 0) is 0 Å². The lowest BCUT2D eigenvalue weighted by molar-refractivity contribution is 0.117. The molecule has 4 nitrogen and oxygen atoms in total. The van der Waals surface area contributed by atoms with Crippen molar-refractivity contribution >= 4 is 43.8 Å². The predicted molar refractivity (Wildman–Crippen MR) is 34.5 cm³/mol. The normalized spacial score (nSPS) is 8.57. The molecule has 44 valence electrons. The number of hydrogen-bond donors (Lipinski definition) is 4. The molecule has 0 heterocycles. The zero-order chi connectivity index (χ0) is 4.50.